The predicted molar refractivity (Wildman–Crippen MR) is 114 cm³/mol. The molecule has 0 aliphatic heterocycles. The third-order valence-electron chi connectivity index (χ3n) is 4.42. The zero-order chi connectivity index (χ0) is 21.4. The number of alkyl carbamates (subject to hydrolysis) is 1. The van der Waals surface area contributed by atoms with Gasteiger partial charge in [0.25, 0.3) is 0 Å². The summed E-state index contributed by atoms with van der Waals surface area (Å²) in [5.74, 6) is 0.260. The van der Waals surface area contributed by atoms with Crippen LogP contribution in [0.25, 0.3) is 5.57 Å². The average molecular weight is 393 g/mol. The van der Waals surface area contributed by atoms with Crippen molar-refractivity contribution in [3.63, 3.8) is 0 Å². The van der Waals surface area contributed by atoms with Crippen LogP contribution in [0, 0.1) is 11.3 Å². The summed E-state index contributed by atoms with van der Waals surface area (Å²) in [5.41, 5.74) is 8.09. The lowest BCUT2D eigenvalue weighted by Gasteiger charge is -2.26. The first-order chi connectivity index (χ1) is 13.8. The molecule has 0 fully saturated rings. The number of carbonyl (C=O) groups is 1. The number of benzene rings is 1. The number of rotatable bonds is 7. The summed E-state index contributed by atoms with van der Waals surface area (Å²) in [5, 5.41) is 16.9. The van der Waals surface area contributed by atoms with Crippen LogP contribution in [0.2, 0.25) is 0 Å². The van der Waals surface area contributed by atoms with E-state index in [0.717, 1.165) is 11.1 Å². The highest BCUT2D eigenvalue weighted by molar-refractivity contribution is 5.78. The Bertz CT molecular complexity index is 950. The van der Waals surface area contributed by atoms with Gasteiger partial charge >= 0.3 is 6.09 Å². The van der Waals surface area contributed by atoms with Crippen LogP contribution < -0.4 is 11.1 Å². The fourth-order valence-electron chi connectivity index (χ4n) is 2.83. The van der Waals surface area contributed by atoms with E-state index in [2.05, 4.69) is 16.5 Å². The Balaban J connectivity index is 2.13. The van der Waals surface area contributed by atoms with Gasteiger partial charge in [-0.3, -0.25) is 0 Å². The van der Waals surface area contributed by atoms with Crippen molar-refractivity contribution in [1.29, 1.82) is 5.26 Å². The molecule has 29 heavy (non-hydrogen) atoms. The largest absolute Gasteiger partial charge is 0.445 e. The molecule has 1 aromatic heterocycles. The van der Waals surface area contributed by atoms with Gasteiger partial charge in [-0.15, -0.1) is 0 Å². The van der Waals surface area contributed by atoms with Crippen LogP contribution in [0.5, 0.6) is 0 Å². The minimum atomic E-state index is -0.672. The summed E-state index contributed by atoms with van der Waals surface area (Å²) in [7, 11) is 0. The molecule has 0 unspecified atom stereocenters. The molecule has 0 radical (unpaired) electrons. The Morgan fingerprint density at radius 1 is 1.34 bits per heavy atom. The molecule has 0 atom stereocenters. The zero-order valence-corrected chi connectivity index (χ0v) is 17.3. The predicted octanol–water partition coefficient (Wildman–Crippen LogP) is 3.98. The lowest BCUT2D eigenvalue weighted by atomic mass is 10.1. The number of amides is 1. The molecule has 0 bridgehead atoms. The fourth-order valence-corrected chi connectivity index (χ4v) is 2.83. The number of hydrogen-bond donors (Lipinski definition) is 2. The van der Waals surface area contributed by atoms with Gasteiger partial charge in [-0.05, 0) is 38.8 Å². The molecule has 0 aliphatic rings. The van der Waals surface area contributed by atoms with Gasteiger partial charge in [-0.25, -0.2) is 9.48 Å². The zero-order valence-electron chi connectivity index (χ0n) is 17.3. The van der Waals surface area contributed by atoms with E-state index in [9.17, 15) is 10.1 Å². The van der Waals surface area contributed by atoms with Crippen LogP contribution in [0.4, 0.5) is 10.6 Å². The van der Waals surface area contributed by atoms with Crippen molar-refractivity contribution in [3.8, 4) is 6.07 Å². The Kier molecular flexibility index (Phi) is 7.21. The normalized spacial score (nSPS) is 12.0. The summed E-state index contributed by atoms with van der Waals surface area (Å²) >= 11 is 0. The van der Waals surface area contributed by atoms with Gasteiger partial charge in [-0.2, -0.15) is 10.4 Å². The number of allylic oxidation sites excluding steroid dienone is 4. The van der Waals surface area contributed by atoms with Crippen molar-refractivity contribution < 1.29 is 9.53 Å². The summed E-state index contributed by atoms with van der Waals surface area (Å²) in [6.07, 6.45) is 5.09. The van der Waals surface area contributed by atoms with Gasteiger partial charge in [0.15, 0.2) is 0 Å². The number of nitrogens with two attached hydrogens (primary N) is 1. The average Bonchev–Trinajstić information content (AvgIpc) is 3.06. The highest BCUT2D eigenvalue weighted by Gasteiger charge is 2.29. The molecule has 7 nitrogen and oxygen atoms in total. The third-order valence-corrected chi connectivity index (χ3v) is 4.42. The molecule has 0 saturated heterocycles. The van der Waals surface area contributed by atoms with E-state index in [0.29, 0.717) is 11.3 Å². The number of carbonyl (C=O) groups excluding carboxylic acids is 1. The van der Waals surface area contributed by atoms with Crippen LogP contribution >= 0.6 is 0 Å². The maximum Gasteiger partial charge on any atom is 0.407 e. The van der Waals surface area contributed by atoms with Crippen molar-refractivity contribution in [2.45, 2.75) is 39.8 Å². The van der Waals surface area contributed by atoms with E-state index >= 15 is 0 Å². The monoisotopic (exact) mass is 393 g/mol. The molecule has 0 spiro atoms. The Morgan fingerprint density at radius 3 is 2.62 bits per heavy atom. The first kappa shape index (κ1) is 21.8. The molecule has 1 heterocycles. The Labute approximate surface area is 171 Å². The van der Waals surface area contributed by atoms with E-state index in [1.807, 2.05) is 76.3 Å². The standard InChI is InChI=1S/C22H27N5O2/c1-5-10-17(6-2)19-18(13-23)20(24)27(26-19)22(3,4)15-25-21(28)29-14-16-11-8-7-9-12-16/h5-12H,14-15,24H2,1-4H3,(H,25,28). The number of nitriles is 1. The molecule has 1 amide bonds. The highest BCUT2D eigenvalue weighted by Crippen LogP contribution is 2.28. The minimum absolute atomic E-state index is 0.188. The van der Waals surface area contributed by atoms with Gasteiger partial charge in [0.05, 0.1) is 5.54 Å². The van der Waals surface area contributed by atoms with Crippen LogP contribution in [-0.2, 0) is 16.9 Å². The molecule has 7 heteroatoms. The summed E-state index contributed by atoms with van der Waals surface area (Å²) in [6, 6.07) is 11.6. The molecule has 0 aliphatic carbocycles. The molecule has 152 valence electrons. The van der Waals surface area contributed by atoms with Crippen LogP contribution in [-0.4, -0.2) is 22.4 Å². The Hall–Kier alpha value is -3.53. The minimum Gasteiger partial charge on any atom is -0.445 e. The first-order valence-electron chi connectivity index (χ1n) is 9.37. The van der Waals surface area contributed by atoms with Gasteiger partial charge in [0.1, 0.15) is 29.8 Å². The van der Waals surface area contributed by atoms with Crippen molar-refractivity contribution in [2.24, 2.45) is 0 Å². The molecule has 2 rings (SSSR count). The number of aromatic nitrogens is 2. The van der Waals surface area contributed by atoms with Crippen molar-refractivity contribution >= 4 is 17.5 Å². The van der Waals surface area contributed by atoms with E-state index < -0.39 is 11.6 Å². The van der Waals surface area contributed by atoms with E-state index in [1.165, 1.54) is 0 Å². The maximum absolute atomic E-state index is 12.1. The van der Waals surface area contributed by atoms with Crippen molar-refractivity contribution in [2.75, 3.05) is 12.3 Å². The topological polar surface area (TPSA) is 106 Å². The molecule has 0 saturated carbocycles. The lowest BCUT2D eigenvalue weighted by molar-refractivity contribution is 0.134. The molecular formula is C22H27N5O2. The SMILES string of the molecule is CC=CC(=CC)c1nn(C(C)(C)CNC(=O)OCc2ccccc2)c(N)c1C#N. The lowest BCUT2D eigenvalue weighted by Crippen LogP contribution is -2.42. The number of hydrogen-bond acceptors (Lipinski definition) is 5. The number of ether oxygens (including phenoxy) is 1. The van der Waals surface area contributed by atoms with E-state index in [-0.39, 0.29) is 19.0 Å². The van der Waals surface area contributed by atoms with Crippen LogP contribution in [0.1, 0.15) is 44.5 Å². The fraction of sp³-hybridized carbons (Fsp3) is 0.318. The second kappa shape index (κ2) is 9.60. The van der Waals surface area contributed by atoms with E-state index in [4.69, 9.17) is 10.5 Å². The Morgan fingerprint density at radius 2 is 2.03 bits per heavy atom. The van der Waals surface area contributed by atoms with Gasteiger partial charge in [0.2, 0.25) is 0 Å². The number of nitrogens with zero attached hydrogens (tertiary/aromatic N) is 3. The smallest absolute Gasteiger partial charge is 0.407 e. The van der Waals surface area contributed by atoms with Crippen LogP contribution in [0.15, 0.2) is 48.6 Å². The number of nitrogen functional groups attached to an aromatic ring is 1. The second-order valence-electron chi connectivity index (χ2n) is 7.10. The molecule has 1 aromatic carbocycles. The van der Waals surface area contributed by atoms with Gasteiger partial charge < -0.3 is 15.8 Å². The summed E-state index contributed by atoms with van der Waals surface area (Å²) < 4.78 is 6.82. The van der Waals surface area contributed by atoms with Gasteiger partial charge in [0, 0.05) is 6.54 Å². The first-order valence-corrected chi connectivity index (χ1v) is 9.37. The van der Waals surface area contributed by atoms with Gasteiger partial charge in [-0.1, -0.05) is 48.6 Å². The quantitative estimate of drug-likeness (QED) is 0.692. The number of nitrogens with one attached hydrogen (secondary N) is 1. The summed E-state index contributed by atoms with van der Waals surface area (Å²) in [6.45, 7) is 7.94. The van der Waals surface area contributed by atoms with Crippen molar-refractivity contribution in [3.05, 3.63) is 65.4 Å². The van der Waals surface area contributed by atoms with E-state index in [1.54, 1.807) is 4.68 Å². The molecule has 3 N–H and O–H groups in total. The second-order valence-corrected chi connectivity index (χ2v) is 7.10. The molecule has 2 aromatic rings. The number of anilines is 1. The summed E-state index contributed by atoms with van der Waals surface area (Å²) in [4.78, 5) is 12.1. The maximum atomic E-state index is 12.1. The van der Waals surface area contributed by atoms with Crippen molar-refractivity contribution in [1.82, 2.24) is 15.1 Å². The third kappa shape index (κ3) is 5.26. The van der Waals surface area contributed by atoms with Crippen LogP contribution in [0.3, 0.4) is 0 Å². The highest BCUT2D eigenvalue weighted by atomic mass is 16.5. The molecular weight excluding hydrogens is 366 g/mol.